The van der Waals surface area contributed by atoms with E-state index in [1.807, 2.05) is 0 Å². The van der Waals surface area contributed by atoms with Crippen molar-refractivity contribution in [1.82, 2.24) is 5.32 Å². The molecule has 2 saturated carbocycles. The molecule has 3 nitrogen and oxygen atoms in total. The van der Waals surface area contributed by atoms with Crippen molar-refractivity contribution in [2.45, 2.75) is 103 Å². The second-order valence-corrected chi connectivity index (χ2v) is 12.2. The van der Waals surface area contributed by atoms with Gasteiger partial charge in [0.15, 0.2) is 0 Å². The van der Waals surface area contributed by atoms with Crippen LogP contribution in [0.5, 0.6) is 0 Å². The monoisotopic (exact) mass is 411 g/mol. The summed E-state index contributed by atoms with van der Waals surface area (Å²) in [6, 6.07) is 0.530. The zero-order valence-electron chi connectivity index (χ0n) is 19.4. The van der Waals surface area contributed by atoms with Gasteiger partial charge in [-0.1, -0.05) is 38.0 Å². The van der Waals surface area contributed by atoms with E-state index < -0.39 is 0 Å². The Morgan fingerprint density at radius 3 is 2.83 bits per heavy atom. The number of aliphatic hydroxyl groups is 1. The Morgan fingerprint density at radius 1 is 1.17 bits per heavy atom. The third-order valence-corrected chi connectivity index (χ3v) is 10.9. The fourth-order valence-corrected chi connectivity index (χ4v) is 9.09. The van der Waals surface area contributed by atoms with Crippen molar-refractivity contribution in [1.29, 1.82) is 0 Å². The summed E-state index contributed by atoms with van der Waals surface area (Å²) in [7, 11) is 0. The lowest BCUT2D eigenvalue weighted by atomic mass is 9.56. The Labute approximate surface area is 182 Å². The van der Waals surface area contributed by atoms with Crippen LogP contribution in [0.3, 0.4) is 0 Å². The molecule has 0 radical (unpaired) electrons. The van der Waals surface area contributed by atoms with Gasteiger partial charge in [0.05, 0.1) is 17.8 Å². The molecule has 0 aromatic heterocycles. The van der Waals surface area contributed by atoms with Crippen molar-refractivity contribution in [3.8, 4) is 0 Å². The lowest BCUT2D eigenvalue weighted by Gasteiger charge is -2.49. The van der Waals surface area contributed by atoms with Crippen LogP contribution in [0.1, 0.15) is 79.1 Å². The highest BCUT2D eigenvalue weighted by molar-refractivity contribution is 5.38. The van der Waals surface area contributed by atoms with Crippen molar-refractivity contribution in [3.63, 3.8) is 0 Å². The smallest absolute Gasteiger partial charge is 0.0937 e. The van der Waals surface area contributed by atoms with Gasteiger partial charge in [-0.3, -0.25) is 0 Å². The predicted molar refractivity (Wildman–Crippen MR) is 120 cm³/mol. The van der Waals surface area contributed by atoms with Gasteiger partial charge in [-0.05, 0) is 99.5 Å². The summed E-state index contributed by atoms with van der Waals surface area (Å²) < 4.78 is 7.03. The number of hydrogen-bond donors (Lipinski definition) is 2. The second-order valence-electron chi connectivity index (χ2n) is 12.2. The molecule has 166 valence electrons. The maximum atomic E-state index is 10.3. The molecular weight excluding hydrogens is 370 g/mol. The SMILES string of the molecule is CC1=C2CC3[C@@H](CC=C4C[C@@H](O)CC[C@@]43C)C2CC[C@]12O[C@@H]1C[C@H](C)CN[C@H]1[C@H]2C. The van der Waals surface area contributed by atoms with E-state index in [1.54, 1.807) is 16.7 Å². The van der Waals surface area contributed by atoms with Gasteiger partial charge in [0.25, 0.3) is 0 Å². The minimum absolute atomic E-state index is 0.0222. The molecule has 2 N–H and O–H groups in total. The van der Waals surface area contributed by atoms with Crippen LogP contribution in [-0.2, 0) is 4.74 Å². The Morgan fingerprint density at radius 2 is 2.00 bits per heavy atom. The highest BCUT2D eigenvalue weighted by Crippen LogP contribution is 2.65. The Bertz CT molecular complexity index is 801. The first-order chi connectivity index (χ1) is 14.3. The maximum absolute atomic E-state index is 10.3. The average molecular weight is 412 g/mol. The fourth-order valence-electron chi connectivity index (χ4n) is 9.09. The molecule has 30 heavy (non-hydrogen) atoms. The number of hydrogen-bond acceptors (Lipinski definition) is 3. The molecule has 1 spiro atoms. The van der Waals surface area contributed by atoms with Crippen LogP contribution in [0.25, 0.3) is 0 Å². The molecule has 2 aliphatic heterocycles. The van der Waals surface area contributed by atoms with Crippen molar-refractivity contribution in [2.24, 2.45) is 35.0 Å². The average Bonchev–Trinajstić information content (AvgIpc) is 3.23. The van der Waals surface area contributed by atoms with Gasteiger partial charge in [-0.25, -0.2) is 0 Å². The molecule has 6 rings (SSSR count). The van der Waals surface area contributed by atoms with Gasteiger partial charge in [0.1, 0.15) is 0 Å². The summed E-state index contributed by atoms with van der Waals surface area (Å²) in [6.45, 7) is 10.9. The van der Waals surface area contributed by atoms with E-state index in [9.17, 15) is 5.11 Å². The molecule has 4 aliphatic carbocycles. The molecule has 2 heterocycles. The first-order valence-corrected chi connectivity index (χ1v) is 12.8. The second kappa shape index (κ2) is 6.68. The predicted octanol–water partition coefficient (Wildman–Crippen LogP) is 5.00. The first kappa shape index (κ1) is 20.0. The molecule has 3 heteroatoms. The third kappa shape index (κ3) is 2.55. The van der Waals surface area contributed by atoms with E-state index in [0.29, 0.717) is 23.5 Å². The van der Waals surface area contributed by atoms with Crippen LogP contribution in [0.15, 0.2) is 22.8 Å². The number of aliphatic hydroxyl groups excluding tert-OH is 1. The van der Waals surface area contributed by atoms with Gasteiger partial charge in [-0.2, -0.15) is 0 Å². The summed E-state index contributed by atoms with van der Waals surface area (Å²) in [5.41, 5.74) is 5.25. The summed E-state index contributed by atoms with van der Waals surface area (Å²) >= 11 is 0. The molecule has 2 unspecified atom stereocenters. The van der Waals surface area contributed by atoms with Gasteiger partial charge >= 0.3 is 0 Å². The highest BCUT2D eigenvalue weighted by atomic mass is 16.5. The third-order valence-electron chi connectivity index (χ3n) is 10.9. The maximum Gasteiger partial charge on any atom is 0.0937 e. The van der Waals surface area contributed by atoms with E-state index in [-0.39, 0.29) is 11.7 Å². The van der Waals surface area contributed by atoms with E-state index in [1.165, 1.54) is 38.5 Å². The lowest BCUT2D eigenvalue weighted by Crippen LogP contribution is -2.49. The molecule has 2 saturated heterocycles. The van der Waals surface area contributed by atoms with Crippen molar-refractivity contribution < 1.29 is 9.84 Å². The zero-order chi connectivity index (χ0) is 20.8. The molecule has 10 atom stereocenters. The van der Waals surface area contributed by atoms with E-state index in [2.05, 4.69) is 39.1 Å². The molecule has 0 aromatic rings. The van der Waals surface area contributed by atoms with E-state index >= 15 is 0 Å². The molecule has 0 bridgehead atoms. The van der Waals surface area contributed by atoms with Crippen LogP contribution in [-0.4, -0.2) is 35.5 Å². The van der Waals surface area contributed by atoms with Crippen LogP contribution in [0, 0.1) is 35.0 Å². The molecule has 4 fully saturated rings. The standard InChI is InChI=1S/C27H41NO2/c1-15-11-24-25(28-14-15)17(3)27(30-24)10-8-20-21-6-5-18-12-19(29)7-9-26(18,4)23(21)13-22(20)16(27)2/h5,15,17,19-21,23-25,28-29H,6-14H2,1-4H3/t15-,17+,19-,20?,21-,23?,24+,25-,26-,27-/m0/s1. The lowest BCUT2D eigenvalue weighted by molar-refractivity contribution is -0.0549. The van der Waals surface area contributed by atoms with Crippen LogP contribution < -0.4 is 5.32 Å². The van der Waals surface area contributed by atoms with Crippen molar-refractivity contribution in [2.75, 3.05) is 6.54 Å². The number of ether oxygens (including phenoxy) is 1. The zero-order valence-corrected chi connectivity index (χ0v) is 19.4. The summed E-state index contributed by atoms with van der Waals surface area (Å²) in [5, 5.41) is 14.1. The number of fused-ring (bicyclic) bond motifs is 6. The normalized spacial score (nSPS) is 55.0. The van der Waals surface area contributed by atoms with Crippen LogP contribution >= 0.6 is 0 Å². The van der Waals surface area contributed by atoms with E-state index in [0.717, 1.165) is 43.1 Å². The minimum Gasteiger partial charge on any atom is -0.393 e. The number of rotatable bonds is 0. The topological polar surface area (TPSA) is 41.5 Å². The molecule has 6 aliphatic rings. The van der Waals surface area contributed by atoms with E-state index in [4.69, 9.17) is 4.74 Å². The number of allylic oxidation sites excluding steroid dienone is 2. The van der Waals surface area contributed by atoms with Gasteiger partial charge < -0.3 is 15.2 Å². The largest absolute Gasteiger partial charge is 0.393 e. The van der Waals surface area contributed by atoms with Gasteiger partial charge in [-0.15, -0.1) is 0 Å². The van der Waals surface area contributed by atoms with Crippen molar-refractivity contribution in [3.05, 3.63) is 22.8 Å². The Hall–Kier alpha value is -0.640. The van der Waals surface area contributed by atoms with Crippen LogP contribution in [0.4, 0.5) is 0 Å². The van der Waals surface area contributed by atoms with Crippen LogP contribution in [0.2, 0.25) is 0 Å². The summed E-state index contributed by atoms with van der Waals surface area (Å²) in [4.78, 5) is 0. The summed E-state index contributed by atoms with van der Waals surface area (Å²) in [5.74, 6) is 3.64. The highest BCUT2D eigenvalue weighted by Gasteiger charge is 2.60. The Balaban J connectivity index is 1.34. The molecule has 0 amide bonds. The van der Waals surface area contributed by atoms with Gasteiger partial charge in [0, 0.05) is 12.0 Å². The minimum atomic E-state index is -0.111. The quantitative estimate of drug-likeness (QED) is 0.551. The van der Waals surface area contributed by atoms with Gasteiger partial charge in [0.2, 0.25) is 0 Å². The Kier molecular flexibility index (Phi) is 4.46. The number of nitrogens with one attached hydrogen (secondary N) is 1. The first-order valence-electron chi connectivity index (χ1n) is 12.8. The molecular formula is C27H41NO2. The molecule has 0 aromatic carbocycles. The summed E-state index contributed by atoms with van der Waals surface area (Å²) in [6.07, 6.45) is 12.2. The van der Waals surface area contributed by atoms with Crippen molar-refractivity contribution >= 4 is 0 Å². The number of piperidine rings is 1. The fraction of sp³-hybridized carbons (Fsp3) is 0.852.